The zero-order valence-corrected chi connectivity index (χ0v) is 22.1. The summed E-state index contributed by atoms with van der Waals surface area (Å²) in [7, 11) is 1.25. The van der Waals surface area contributed by atoms with E-state index in [1.54, 1.807) is 23.4 Å². The summed E-state index contributed by atoms with van der Waals surface area (Å²) in [5, 5.41) is 1.97. The number of Topliss-reactive ketones (excluding diaryl/α,β-unsaturated/α-hetero) is 1. The van der Waals surface area contributed by atoms with Crippen LogP contribution in [-0.4, -0.2) is 65.8 Å². The first-order chi connectivity index (χ1) is 18.4. The normalized spacial score (nSPS) is 17.9. The highest BCUT2D eigenvalue weighted by atomic mass is 32.1. The number of hydrogen-bond donors (Lipinski definition) is 0. The smallest absolute Gasteiger partial charge is 0.343 e. The van der Waals surface area contributed by atoms with E-state index in [1.807, 2.05) is 0 Å². The molecule has 1 atom stereocenters. The van der Waals surface area contributed by atoms with Gasteiger partial charge in [0, 0.05) is 43.9 Å². The van der Waals surface area contributed by atoms with Gasteiger partial charge in [-0.25, -0.2) is 14.8 Å². The van der Waals surface area contributed by atoms with E-state index in [0.29, 0.717) is 31.1 Å². The number of fused-ring (bicyclic) bond motifs is 1. The summed E-state index contributed by atoms with van der Waals surface area (Å²) in [5.74, 6) is -2.11. The lowest BCUT2D eigenvalue weighted by molar-refractivity contribution is -0.124. The Labute approximate surface area is 222 Å². The Morgan fingerprint density at radius 3 is 2.76 bits per heavy atom. The van der Waals surface area contributed by atoms with Gasteiger partial charge in [0.25, 0.3) is 0 Å². The maximum atomic E-state index is 15.7. The van der Waals surface area contributed by atoms with E-state index in [-0.39, 0.29) is 52.6 Å². The van der Waals surface area contributed by atoms with E-state index in [0.717, 1.165) is 25.9 Å². The number of methoxy groups -OCH3 is 1. The van der Waals surface area contributed by atoms with Crippen molar-refractivity contribution >= 4 is 39.9 Å². The minimum Gasteiger partial charge on any atom is -0.493 e. The van der Waals surface area contributed by atoms with Gasteiger partial charge in [0.1, 0.15) is 16.7 Å². The fraction of sp³-hybridized carbons (Fsp3) is 0.500. The molecule has 3 aromatic rings. The van der Waals surface area contributed by atoms with Crippen molar-refractivity contribution in [1.29, 1.82) is 0 Å². The van der Waals surface area contributed by atoms with Crippen LogP contribution in [0.3, 0.4) is 0 Å². The lowest BCUT2D eigenvalue weighted by Gasteiger charge is -2.39. The van der Waals surface area contributed by atoms with E-state index in [9.17, 15) is 14.4 Å². The van der Waals surface area contributed by atoms with Crippen LogP contribution in [0.2, 0.25) is 0 Å². The molecule has 0 spiro atoms. The lowest BCUT2D eigenvalue weighted by Crippen LogP contribution is -2.51. The zero-order valence-electron chi connectivity index (χ0n) is 21.3. The summed E-state index contributed by atoms with van der Waals surface area (Å²) in [5.41, 5.74) is -0.934. The van der Waals surface area contributed by atoms with Crippen LogP contribution < -0.4 is 15.1 Å². The lowest BCUT2D eigenvalue weighted by atomic mass is 9.91. The Bertz CT molecular complexity index is 1400. The maximum Gasteiger partial charge on any atom is 0.343 e. The fourth-order valence-corrected chi connectivity index (χ4v) is 5.53. The summed E-state index contributed by atoms with van der Waals surface area (Å²) in [6.07, 6.45) is 7.32. The van der Waals surface area contributed by atoms with Crippen LogP contribution in [-0.2, 0) is 14.3 Å². The molecule has 2 saturated heterocycles. The monoisotopic (exact) mass is 544 g/mol. The number of ketones is 1. The van der Waals surface area contributed by atoms with Crippen molar-refractivity contribution in [2.75, 3.05) is 38.3 Å². The van der Waals surface area contributed by atoms with Crippen molar-refractivity contribution < 1.29 is 28.2 Å². The number of anilines is 1. The fourth-order valence-electron chi connectivity index (χ4n) is 4.91. The number of thiazole rings is 1. The van der Waals surface area contributed by atoms with Gasteiger partial charge in [0.2, 0.25) is 11.2 Å². The Kier molecular flexibility index (Phi) is 7.70. The molecule has 10 nitrogen and oxygen atoms in total. The zero-order chi connectivity index (χ0) is 26.8. The number of carbonyl (C=O) groups excluding carboxylic acids is 2. The van der Waals surface area contributed by atoms with Crippen LogP contribution in [0.25, 0.3) is 16.2 Å². The Morgan fingerprint density at radius 1 is 1.29 bits per heavy atom. The standard InChI is InChI=1S/C26H29FN4O6S/c1-3-36-25(34)17-14-31(26-28-9-11-38-26)23-19(21(17)33)22(35-2)20(27)24(29-23)30-12-15(13-30)18(32)8-7-16-6-4-5-10-37-16/h9,11,14-16H,3-8,10,12-13H2,1-2H3. The quantitative estimate of drug-likeness (QED) is 0.374. The minimum atomic E-state index is -0.834. The first-order valence-corrected chi connectivity index (χ1v) is 13.6. The van der Waals surface area contributed by atoms with E-state index >= 15 is 4.39 Å². The van der Waals surface area contributed by atoms with Gasteiger partial charge in [-0.15, -0.1) is 11.3 Å². The van der Waals surface area contributed by atoms with Crippen LogP contribution >= 0.6 is 11.3 Å². The van der Waals surface area contributed by atoms with Crippen LogP contribution in [0, 0.1) is 11.7 Å². The number of rotatable bonds is 9. The van der Waals surface area contributed by atoms with E-state index in [1.165, 1.54) is 29.2 Å². The minimum absolute atomic E-state index is 0.0254. The number of ether oxygens (including phenoxy) is 3. The Hall–Kier alpha value is -3.38. The number of nitrogens with zero attached hydrogens (tertiary/aromatic N) is 4. The van der Waals surface area contributed by atoms with Gasteiger partial charge in [-0.1, -0.05) is 0 Å². The topological polar surface area (TPSA) is 113 Å². The molecule has 2 aliphatic heterocycles. The molecule has 12 heteroatoms. The summed E-state index contributed by atoms with van der Waals surface area (Å²) >= 11 is 1.26. The van der Waals surface area contributed by atoms with E-state index in [4.69, 9.17) is 14.2 Å². The molecule has 38 heavy (non-hydrogen) atoms. The molecule has 5 heterocycles. The number of hydrogen-bond acceptors (Lipinski definition) is 10. The molecule has 0 bridgehead atoms. The molecule has 0 saturated carbocycles. The second kappa shape index (κ2) is 11.2. The summed E-state index contributed by atoms with van der Waals surface area (Å²) in [6.45, 7) is 3.06. The summed E-state index contributed by atoms with van der Waals surface area (Å²) < 4.78 is 33.3. The van der Waals surface area contributed by atoms with Gasteiger partial charge >= 0.3 is 5.97 Å². The van der Waals surface area contributed by atoms with Gasteiger partial charge in [-0.3, -0.25) is 14.2 Å². The van der Waals surface area contributed by atoms with Crippen LogP contribution in [0.4, 0.5) is 10.2 Å². The SMILES string of the molecule is CCOC(=O)c1cn(-c2nccs2)c2nc(N3CC(C(=O)CCC4CCCCO4)C3)c(F)c(OC)c2c1=O. The van der Waals surface area contributed by atoms with Crippen molar-refractivity contribution in [3.05, 3.63) is 39.4 Å². The van der Waals surface area contributed by atoms with Gasteiger partial charge in [-0.05, 0) is 32.6 Å². The maximum absolute atomic E-state index is 15.7. The molecular weight excluding hydrogens is 515 g/mol. The molecular formula is C26H29FN4O6S. The van der Waals surface area contributed by atoms with Gasteiger partial charge < -0.3 is 19.1 Å². The second-order valence-electron chi connectivity index (χ2n) is 9.35. The average molecular weight is 545 g/mol. The van der Waals surface area contributed by atoms with Gasteiger partial charge in [0.15, 0.2) is 22.3 Å². The molecule has 2 aliphatic rings. The Balaban J connectivity index is 1.47. The highest BCUT2D eigenvalue weighted by Gasteiger charge is 2.37. The van der Waals surface area contributed by atoms with Crippen LogP contribution in [0.15, 0.2) is 22.6 Å². The molecule has 3 aromatic heterocycles. The summed E-state index contributed by atoms with van der Waals surface area (Å²) in [4.78, 5) is 49.1. The molecule has 1 unspecified atom stereocenters. The van der Waals surface area contributed by atoms with E-state index in [2.05, 4.69) is 9.97 Å². The Morgan fingerprint density at radius 2 is 2.11 bits per heavy atom. The van der Waals surface area contributed by atoms with Crippen molar-refractivity contribution in [2.24, 2.45) is 5.92 Å². The van der Waals surface area contributed by atoms with Gasteiger partial charge in [-0.2, -0.15) is 4.39 Å². The highest BCUT2D eigenvalue weighted by molar-refractivity contribution is 7.12. The van der Waals surface area contributed by atoms with Crippen LogP contribution in [0.5, 0.6) is 5.75 Å². The number of carbonyl (C=O) groups is 2. The number of aromatic nitrogens is 3. The first kappa shape index (κ1) is 26.2. The summed E-state index contributed by atoms with van der Waals surface area (Å²) in [6, 6.07) is 0. The first-order valence-electron chi connectivity index (χ1n) is 12.7. The van der Waals surface area contributed by atoms with Crippen molar-refractivity contribution in [1.82, 2.24) is 14.5 Å². The third-order valence-corrected chi connectivity index (χ3v) is 7.73. The van der Waals surface area contributed by atoms with Gasteiger partial charge in [0.05, 0.1) is 25.7 Å². The molecule has 0 radical (unpaired) electrons. The molecule has 5 rings (SSSR count). The van der Waals surface area contributed by atoms with Crippen molar-refractivity contribution in [3.63, 3.8) is 0 Å². The number of esters is 1. The second-order valence-corrected chi connectivity index (χ2v) is 10.2. The molecule has 202 valence electrons. The van der Waals surface area contributed by atoms with Crippen LogP contribution in [0.1, 0.15) is 49.4 Å². The van der Waals surface area contributed by atoms with Crippen molar-refractivity contribution in [2.45, 2.75) is 45.1 Å². The van der Waals surface area contributed by atoms with E-state index < -0.39 is 17.2 Å². The largest absolute Gasteiger partial charge is 0.493 e. The number of pyridine rings is 2. The number of halogens is 1. The molecule has 0 N–H and O–H groups in total. The molecule has 0 amide bonds. The predicted molar refractivity (Wildman–Crippen MR) is 139 cm³/mol. The predicted octanol–water partition coefficient (Wildman–Crippen LogP) is 3.52. The van der Waals surface area contributed by atoms with Crippen molar-refractivity contribution in [3.8, 4) is 10.9 Å². The third kappa shape index (κ3) is 4.90. The average Bonchev–Trinajstić information content (AvgIpc) is 3.43. The third-order valence-electron chi connectivity index (χ3n) is 6.96. The molecule has 2 fully saturated rings. The highest BCUT2D eigenvalue weighted by Crippen LogP contribution is 2.36. The molecule has 0 aliphatic carbocycles. The molecule has 0 aromatic carbocycles.